The van der Waals surface area contributed by atoms with Gasteiger partial charge in [0.25, 0.3) is 5.91 Å². The van der Waals surface area contributed by atoms with Crippen LogP contribution in [0.1, 0.15) is 24.2 Å². The number of nitrogens with zero attached hydrogens (tertiary/aromatic N) is 1. The molecule has 2 aromatic rings. The maximum atomic E-state index is 12.8. The Kier molecular flexibility index (Phi) is 6.49. The average molecular weight is 382 g/mol. The maximum Gasteiger partial charge on any atom is 0.319 e. The van der Waals surface area contributed by atoms with E-state index in [1.54, 1.807) is 24.3 Å². The van der Waals surface area contributed by atoms with Crippen LogP contribution in [-0.4, -0.2) is 44.3 Å². The molecule has 3 amide bonds. The number of benzene rings is 2. The minimum Gasteiger partial charge on any atom is -0.378 e. The Labute approximate surface area is 165 Å². The van der Waals surface area contributed by atoms with Crippen molar-refractivity contribution in [1.82, 2.24) is 5.32 Å². The highest BCUT2D eigenvalue weighted by atomic mass is 16.5. The van der Waals surface area contributed by atoms with Crippen LogP contribution in [0.25, 0.3) is 0 Å². The third kappa shape index (κ3) is 5.23. The quantitative estimate of drug-likeness (QED) is 0.741. The lowest BCUT2D eigenvalue weighted by atomic mass is 10.1. The lowest BCUT2D eigenvalue weighted by Gasteiger charge is -2.29. The van der Waals surface area contributed by atoms with E-state index in [-0.39, 0.29) is 18.0 Å². The van der Waals surface area contributed by atoms with Crippen molar-refractivity contribution in [2.45, 2.75) is 19.9 Å². The summed E-state index contributed by atoms with van der Waals surface area (Å²) < 4.78 is 5.39. The first kappa shape index (κ1) is 19.7. The van der Waals surface area contributed by atoms with Gasteiger partial charge in [-0.05, 0) is 44.2 Å². The van der Waals surface area contributed by atoms with Crippen LogP contribution in [0, 0.1) is 0 Å². The number of ether oxygens (including phenoxy) is 1. The molecule has 0 atom stereocenters. The molecule has 1 aliphatic rings. The third-order valence-corrected chi connectivity index (χ3v) is 4.32. The molecular weight excluding hydrogens is 356 g/mol. The monoisotopic (exact) mass is 382 g/mol. The fourth-order valence-corrected chi connectivity index (χ4v) is 3.01. The number of hydrogen-bond acceptors (Lipinski definition) is 4. The zero-order valence-electron chi connectivity index (χ0n) is 16.2. The molecule has 0 unspecified atom stereocenters. The number of carbonyl (C=O) groups is 2. The van der Waals surface area contributed by atoms with Crippen LogP contribution in [0.4, 0.5) is 21.9 Å². The van der Waals surface area contributed by atoms with Crippen molar-refractivity contribution in [3.63, 3.8) is 0 Å². The van der Waals surface area contributed by atoms with Crippen molar-refractivity contribution in [2.75, 3.05) is 41.8 Å². The third-order valence-electron chi connectivity index (χ3n) is 4.32. The second-order valence-electron chi connectivity index (χ2n) is 6.90. The molecule has 0 bridgehead atoms. The summed E-state index contributed by atoms with van der Waals surface area (Å²) in [6, 6.07) is 14.3. The highest BCUT2D eigenvalue weighted by molar-refractivity contribution is 6.10. The number of morpholine rings is 1. The minimum absolute atomic E-state index is 0.00363. The summed E-state index contributed by atoms with van der Waals surface area (Å²) in [5, 5.41) is 8.42. The molecule has 1 aliphatic heterocycles. The van der Waals surface area contributed by atoms with Gasteiger partial charge in [0, 0.05) is 30.5 Å². The van der Waals surface area contributed by atoms with E-state index in [4.69, 9.17) is 4.74 Å². The van der Waals surface area contributed by atoms with Crippen LogP contribution < -0.4 is 20.9 Å². The van der Waals surface area contributed by atoms with E-state index in [1.807, 2.05) is 38.1 Å². The van der Waals surface area contributed by atoms with E-state index in [0.29, 0.717) is 30.2 Å². The zero-order valence-corrected chi connectivity index (χ0v) is 16.2. The van der Waals surface area contributed by atoms with Gasteiger partial charge >= 0.3 is 6.03 Å². The van der Waals surface area contributed by atoms with Crippen LogP contribution in [-0.2, 0) is 4.74 Å². The topological polar surface area (TPSA) is 82.7 Å². The van der Waals surface area contributed by atoms with Gasteiger partial charge in [0.15, 0.2) is 0 Å². The molecule has 3 rings (SSSR count). The summed E-state index contributed by atoms with van der Waals surface area (Å²) in [6.07, 6.45) is 0. The second-order valence-corrected chi connectivity index (χ2v) is 6.90. The minimum atomic E-state index is -0.343. The number of urea groups is 1. The molecule has 28 heavy (non-hydrogen) atoms. The number of rotatable bonds is 5. The molecule has 0 spiro atoms. The number of para-hydroxylation sites is 1. The standard InChI is InChI=1S/C21H26N4O3/c1-15(2)22-21(27)24-19-9-4-3-8-18(19)20(26)23-16-6-5-7-17(14-16)25-10-12-28-13-11-25/h3-9,14-15H,10-13H2,1-2H3,(H,23,26)(H2,22,24,27). The molecule has 3 N–H and O–H groups in total. The molecule has 0 saturated carbocycles. The predicted octanol–water partition coefficient (Wildman–Crippen LogP) is 3.31. The number of nitrogens with one attached hydrogen (secondary N) is 3. The van der Waals surface area contributed by atoms with Crippen LogP contribution in [0.3, 0.4) is 0 Å². The molecule has 1 heterocycles. The summed E-state index contributed by atoms with van der Waals surface area (Å²) in [5.74, 6) is -0.278. The Morgan fingerprint density at radius 1 is 1.00 bits per heavy atom. The molecule has 2 aromatic carbocycles. The number of anilines is 3. The van der Waals surface area contributed by atoms with Crippen molar-refractivity contribution < 1.29 is 14.3 Å². The van der Waals surface area contributed by atoms with Crippen LogP contribution in [0.2, 0.25) is 0 Å². The Hall–Kier alpha value is -3.06. The molecule has 0 radical (unpaired) electrons. The molecule has 7 nitrogen and oxygen atoms in total. The molecule has 0 aromatic heterocycles. The summed E-state index contributed by atoms with van der Waals surface area (Å²) >= 11 is 0. The van der Waals surface area contributed by atoms with Crippen LogP contribution >= 0.6 is 0 Å². The summed E-state index contributed by atoms with van der Waals surface area (Å²) in [5.41, 5.74) is 2.61. The normalized spacial score (nSPS) is 13.9. The van der Waals surface area contributed by atoms with Gasteiger partial charge in [0.1, 0.15) is 0 Å². The van der Waals surface area contributed by atoms with E-state index >= 15 is 0 Å². The summed E-state index contributed by atoms with van der Waals surface area (Å²) in [6.45, 7) is 6.81. The van der Waals surface area contributed by atoms with Crippen molar-refractivity contribution in [1.29, 1.82) is 0 Å². The van der Waals surface area contributed by atoms with Crippen molar-refractivity contribution in [3.8, 4) is 0 Å². The molecule has 148 valence electrons. The van der Waals surface area contributed by atoms with Gasteiger partial charge < -0.3 is 25.6 Å². The van der Waals surface area contributed by atoms with Gasteiger partial charge in [0.05, 0.1) is 24.5 Å². The van der Waals surface area contributed by atoms with Gasteiger partial charge in [-0.2, -0.15) is 0 Å². The SMILES string of the molecule is CC(C)NC(=O)Nc1ccccc1C(=O)Nc1cccc(N2CCOCC2)c1. The Balaban J connectivity index is 1.72. The Bertz CT molecular complexity index is 832. The second kappa shape index (κ2) is 9.23. The van der Waals surface area contributed by atoms with Gasteiger partial charge in [-0.1, -0.05) is 18.2 Å². The summed E-state index contributed by atoms with van der Waals surface area (Å²) in [4.78, 5) is 27.0. The number of hydrogen-bond donors (Lipinski definition) is 3. The maximum absolute atomic E-state index is 12.8. The van der Waals surface area contributed by atoms with E-state index in [9.17, 15) is 9.59 Å². The van der Waals surface area contributed by atoms with E-state index < -0.39 is 0 Å². The fraction of sp³-hybridized carbons (Fsp3) is 0.333. The van der Waals surface area contributed by atoms with Crippen molar-refractivity contribution in [2.24, 2.45) is 0 Å². The van der Waals surface area contributed by atoms with Crippen molar-refractivity contribution >= 4 is 29.0 Å². The van der Waals surface area contributed by atoms with Crippen LogP contribution in [0.5, 0.6) is 0 Å². The average Bonchev–Trinajstić information content (AvgIpc) is 2.68. The lowest BCUT2D eigenvalue weighted by Crippen LogP contribution is -2.36. The van der Waals surface area contributed by atoms with E-state index in [1.165, 1.54) is 0 Å². The lowest BCUT2D eigenvalue weighted by molar-refractivity contribution is 0.102. The predicted molar refractivity (Wildman–Crippen MR) is 111 cm³/mol. The molecular formula is C21H26N4O3. The zero-order chi connectivity index (χ0) is 19.9. The van der Waals surface area contributed by atoms with Gasteiger partial charge in [-0.15, -0.1) is 0 Å². The number of carbonyl (C=O) groups excluding carboxylic acids is 2. The first-order chi connectivity index (χ1) is 13.5. The molecule has 1 saturated heterocycles. The Morgan fingerprint density at radius 3 is 2.50 bits per heavy atom. The first-order valence-corrected chi connectivity index (χ1v) is 9.43. The highest BCUT2D eigenvalue weighted by Crippen LogP contribution is 2.22. The molecule has 0 aliphatic carbocycles. The molecule has 1 fully saturated rings. The fourth-order valence-electron chi connectivity index (χ4n) is 3.01. The van der Waals surface area contributed by atoms with E-state index in [0.717, 1.165) is 18.8 Å². The van der Waals surface area contributed by atoms with Crippen LogP contribution in [0.15, 0.2) is 48.5 Å². The van der Waals surface area contributed by atoms with Gasteiger partial charge in [0.2, 0.25) is 0 Å². The van der Waals surface area contributed by atoms with Crippen molar-refractivity contribution in [3.05, 3.63) is 54.1 Å². The van der Waals surface area contributed by atoms with Gasteiger partial charge in [-0.25, -0.2) is 4.79 Å². The highest BCUT2D eigenvalue weighted by Gasteiger charge is 2.15. The number of amides is 3. The Morgan fingerprint density at radius 2 is 1.75 bits per heavy atom. The smallest absolute Gasteiger partial charge is 0.319 e. The molecule has 7 heteroatoms. The largest absolute Gasteiger partial charge is 0.378 e. The van der Waals surface area contributed by atoms with E-state index in [2.05, 4.69) is 20.9 Å². The summed E-state index contributed by atoms with van der Waals surface area (Å²) in [7, 11) is 0. The van der Waals surface area contributed by atoms with Gasteiger partial charge in [-0.3, -0.25) is 4.79 Å². The first-order valence-electron chi connectivity index (χ1n) is 9.43.